The van der Waals surface area contributed by atoms with Crippen molar-refractivity contribution in [3.05, 3.63) is 28.7 Å². The van der Waals surface area contributed by atoms with Gasteiger partial charge in [0, 0.05) is 12.6 Å². The number of rotatable bonds is 8. The van der Waals surface area contributed by atoms with Crippen LogP contribution < -0.4 is 15.8 Å². The molecule has 3 N–H and O–H groups in total. The van der Waals surface area contributed by atoms with E-state index >= 15 is 0 Å². The van der Waals surface area contributed by atoms with Crippen molar-refractivity contribution in [3.8, 4) is 5.75 Å². The fourth-order valence-electron chi connectivity index (χ4n) is 1.90. The summed E-state index contributed by atoms with van der Waals surface area (Å²) in [5.41, 5.74) is 5.66. The van der Waals surface area contributed by atoms with Crippen LogP contribution in [0.2, 0.25) is 0 Å². The second-order valence-corrected chi connectivity index (χ2v) is 6.01. The van der Waals surface area contributed by atoms with Gasteiger partial charge in [0.25, 0.3) is 0 Å². The molecule has 0 saturated heterocycles. The number of carbonyl (C=O) groups is 1. The van der Waals surface area contributed by atoms with Crippen LogP contribution in [-0.4, -0.2) is 25.1 Å². The first-order chi connectivity index (χ1) is 9.52. The fraction of sp³-hybridized carbons (Fsp3) is 0.533. The highest BCUT2D eigenvalue weighted by molar-refractivity contribution is 9.10. The first kappa shape index (κ1) is 20.2. The zero-order valence-electron chi connectivity index (χ0n) is 12.5. The molecular weight excluding hydrogens is 356 g/mol. The normalized spacial score (nSPS) is 11.7. The number of hydrogen-bond acceptors (Lipinski definition) is 3. The fourth-order valence-corrected chi connectivity index (χ4v) is 2.30. The van der Waals surface area contributed by atoms with Gasteiger partial charge in [-0.3, -0.25) is 4.79 Å². The van der Waals surface area contributed by atoms with E-state index in [-0.39, 0.29) is 24.4 Å². The van der Waals surface area contributed by atoms with Crippen molar-refractivity contribution in [3.63, 3.8) is 0 Å². The molecule has 0 spiro atoms. The zero-order valence-corrected chi connectivity index (χ0v) is 14.9. The van der Waals surface area contributed by atoms with Gasteiger partial charge in [0.2, 0.25) is 5.91 Å². The maximum Gasteiger partial charge on any atom is 0.223 e. The van der Waals surface area contributed by atoms with Crippen LogP contribution in [-0.2, 0) is 4.79 Å². The second-order valence-electron chi connectivity index (χ2n) is 5.16. The first-order valence-corrected chi connectivity index (χ1v) is 7.69. The van der Waals surface area contributed by atoms with Gasteiger partial charge in [-0.15, -0.1) is 12.4 Å². The lowest BCUT2D eigenvalue weighted by atomic mass is 10.0. The van der Waals surface area contributed by atoms with Crippen molar-refractivity contribution in [1.82, 2.24) is 5.32 Å². The van der Waals surface area contributed by atoms with Gasteiger partial charge in [0.1, 0.15) is 5.75 Å². The number of benzene rings is 1. The average Bonchev–Trinajstić information content (AvgIpc) is 2.39. The van der Waals surface area contributed by atoms with E-state index in [4.69, 9.17) is 10.5 Å². The number of hydrogen-bond donors (Lipinski definition) is 2. The zero-order chi connectivity index (χ0) is 15.0. The number of carbonyl (C=O) groups excluding carboxylic acids is 1. The van der Waals surface area contributed by atoms with Crippen LogP contribution in [0, 0.1) is 5.92 Å². The van der Waals surface area contributed by atoms with E-state index < -0.39 is 0 Å². The van der Waals surface area contributed by atoms with E-state index in [0.717, 1.165) is 16.6 Å². The molecular formula is C15H24BrClN2O2. The van der Waals surface area contributed by atoms with Crippen molar-refractivity contribution in [2.75, 3.05) is 13.2 Å². The summed E-state index contributed by atoms with van der Waals surface area (Å²) in [5.74, 6) is 1.24. The van der Waals surface area contributed by atoms with Crippen molar-refractivity contribution in [1.29, 1.82) is 0 Å². The predicted octanol–water partition coefficient (Wildman–Crippen LogP) is 3.13. The third-order valence-electron chi connectivity index (χ3n) is 2.83. The number of para-hydroxylation sites is 1. The van der Waals surface area contributed by atoms with Crippen LogP contribution in [0.3, 0.4) is 0 Å². The smallest absolute Gasteiger partial charge is 0.223 e. The van der Waals surface area contributed by atoms with Crippen LogP contribution in [0.1, 0.15) is 26.7 Å². The van der Waals surface area contributed by atoms with E-state index in [1.165, 1.54) is 0 Å². The number of nitrogens with one attached hydrogen (secondary N) is 1. The molecule has 1 rings (SSSR count). The highest BCUT2D eigenvalue weighted by Crippen LogP contribution is 2.23. The summed E-state index contributed by atoms with van der Waals surface area (Å²) in [6, 6.07) is 7.63. The standard InChI is InChI=1S/C15H23BrN2O2.ClH/c1-11(2)9-12(10-17)18-15(19)7-8-20-14-6-4-3-5-13(14)16;/h3-6,11-12H,7-10,17H2,1-2H3,(H,18,19);1H. The van der Waals surface area contributed by atoms with Gasteiger partial charge >= 0.3 is 0 Å². The lowest BCUT2D eigenvalue weighted by Crippen LogP contribution is -2.41. The van der Waals surface area contributed by atoms with Crippen LogP contribution in [0.5, 0.6) is 5.75 Å². The van der Waals surface area contributed by atoms with Gasteiger partial charge in [-0.1, -0.05) is 26.0 Å². The van der Waals surface area contributed by atoms with Crippen LogP contribution in [0.25, 0.3) is 0 Å². The van der Waals surface area contributed by atoms with Crippen LogP contribution in [0.15, 0.2) is 28.7 Å². The lowest BCUT2D eigenvalue weighted by Gasteiger charge is -2.18. The van der Waals surface area contributed by atoms with E-state index in [1.807, 2.05) is 24.3 Å². The molecule has 1 unspecified atom stereocenters. The Morgan fingerprint density at radius 1 is 1.38 bits per heavy atom. The highest BCUT2D eigenvalue weighted by atomic mass is 79.9. The molecule has 0 fully saturated rings. The summed E-state index contributed by atoms with van der Waals surface area (Å²) in [7, 11) is 0. The molecule has 0 heterocycles. The van der Waals surface area contributed by atoms with Gasteiger partial charge in [0.05, 0.1) is 17.5 Å². The monoisotopic (exact) mass is 378 g/mol. The Hall–Kier alpha value is -0.780. The third-order valence-corrected chi connectivity index (χ3v) is 3.48. The molecule has 0 aliphatic rings. The quantitative estimate of drug-likeness (QED) is 0.729. The maximum atomic E-state index is 11.8. The van der Waals surface area contributed by atoms with Gasteiger partial charge in [-0.05, 0) is 40.4 Å². The molecule has 0 aliphatic carbocycles. The molecule has 1 amide bonds. The van der Waals surface area contributed by atoms with Crippen LogP contribution >= 0.6 is 28.3 Å². The number of nitrogens with two attached hydrogens (primary N) is 1. The van der Waals surface area contributed by atoms with Crippen molar-refractivity contribution >= 4 is 34.2 Å². The van der Waals surface area contributed by atoms with Crippen molar-refractivity contribution in [2.45, 2.75) is 32.7 Å². The molecule has 0 bridgehead atoms. The summed E-state index contributed by atoms with van der Waals surface area (Å²) in [5, 5.41) is 2.94. The molecule has 4 nitrogen and oxygen atoms in total. The minimum absolute atomic E-state index is 0. The minimum Gasteiger partial charge on any atom is -0.492 e. The van der Waals surface area contributed by atoms with Gasteiger partial charge in [-0.25, -0.2) is 0 Å². The predicted molar refractivity (Wildman–Crippen MR) is 91.9 cm³/mol. The Labute approximate surface area is 141 Å². The van der Waals surface area contributed by atoms with Crippen molar-refractivity contribution in [2.24, 2.45) is 11.7 Å². The Bertz CT molecular complexity index is 430. The molecule has 6 heteroatoms. The Morgan fingerprint density at radius 3 is 2.62 bits per heavy atom. The van der Waals surface area contributed by atoms with E-state index in [1.54, 1.807) is 0 Å². The van der Waals surface area contributed by atoms with Gasteiger partial charge in [-0.2, -0.15) is 0 Å². The molecule has 1 aromatic rings. The Morgan fingerprint density at radius 2 is 2.05 bits per heavy atom. The SMILES string of the molecule is CC(C)CC(CN)NC(=O)CCOc1ccccc1Br.Cl. The third kappa shape index (κ3) is 8.29. The summed E-state index contributed by atoms with van der Waals surface area (Å²) < 4.78 is 6.45. The minimum atomic E-state index is -0.0202. The summed E-state index contributed by atoms with van der Waals surface area (Å²) in [6.45, 7) is 5.05. The highest BCUT2D eigenvalue weighted by Gasteiger charge is 2.12. The maximum absolute atomic E-state index is 11.8. The number of amides is 1. The largest absolute Gasteiger partial charge is 0.492 e. The van der Waals surface area contributed by atoms with E-state index in [2.05, 4.69) is 35.1 Å². The molecule has 1 atom stereocenters. The molecule has 0 aromatic heterocycles. The molecule has 21 heavy (non-hydrogen) atoms. The summed E-state index contributed by atoms with van der Waals surface area (Å²) in [6.07, 6.45) is 1.23. The Balaban J connectivity index is 0.00000400. The van der Waals surface area contributed by atoms with Crippen LogP contribution in [0.4, 0.5) is 0 Å². The average molecular weight is 380 g/mol. The second kappa shape index (κ2) is 10.9. The topological polar surface area (TPSA) is 64.3 Å². The number of halogens is 2. The Kier molecular flexibility index (Phi) is 10.5. The molecule has 120 valence electrons. The lowest BCUT2D eigenvalue weighted by molar-refractivity contribution is -0.122. The molecule has 0 saturated carbocycles. The molecule has 0 aliphatic heterocycles. The molecule has 0 radical (unpaired) electrons. The van der Waals surface area contributed by atoms with E-state index in [0.29, 0.717) is 25.5 Å². The van der Waals surface area contributed by atoms with Gasteiger partial charge < -0.3 is 15.8 Å². The summed E-state index contributed by atoms with van der Waals surface area (Å²) >= 11 is 3.40. The molecule has 1 aromatic carbocycles. The van der Waals surface area contributed by atoms with E-state index in [9.17, 15) is 4.79 Å². The first-order valence-electron chi connectivity index (χ1n) is 6.89. The summed E-state index contributed by atoms with van der Waals surface area (Å²) in [4.78, 5) is 11.8. The van der Waals surface area contributed by atoms with Crippen molar-refractivity contribution < 1.29 is 9.53 Å². The van der Waals surface area contributed by atoms with Gasteiger partial charge in [0.15, 0.2) is 0 Å². The number of ether oxygens (including phenoxy) is 1.